The zero-order chi connectivity index (χ0) is 30.5. The highest BCUT2D eigenvalue weighted by atomic mass is 35.5. The number of hydrogen-bond acceptors (Lipinski definition) is 7. The number of piperazine rings is 1. The van der Waals surface area contributed by atoms with Crippen LogP contribution in [0.1, 0.15) is 61.8 Å². The number of carbonyl (C=O) groups is 2. The van der Waals surface area contributed by atoms with Crippen LogP contribution in [0.15, 0.2) is 48.7 Å². The Kier molecular flexibility index (Phi) is 7.57. The summed E-state index contributed by atoms with van der Waals surface area (Å²) < 4.78 is 19.2. The van der Waals surface area contributed by atoms with Crippen LogP contribution >= 0.6 is 11.6 Å². The van der Waals surface area contributed by atoms with Gasteiger partial charge in [0.25, 0.3) is 5.91 Å². The standard InChI is InChI=1S/C33H37ClFN5O3/c1-5-21-16-33(17-21)20-39(23-7-8-24(34)25(35)15-23)27-10-9-26(37-30(27)33)31(42)40-13-12-38(19-32(40,2)3)28-11-6-22(18-36-28)14-29(41)43-4/h6-11,15,18,21H,5,12-14,16-17,19-20H2,1-4H3. The maximum Gasteiger partial charge on any atom is 0.310 e. The monoisotopic (exact) mass is 605 g/mol. The molecule has 0 atom stereocenters. The lowest BCUT2D eigenvalue weighted by atomic mass is 9.60. The fourth-order valence-electron chi connectivity index (χ4n) is 6.99. The fourth-order valence-corrected chi connectivity index (χ4v) is 7.11. The van der Waals surface area contributed by atoms with Gasteiger partial charge in [0.2, 0.25) is 0 Å². The van der Waals surface area contributed by atoms with Crippen molar-refractivity contribution in [3.8, 4) is 0 Å². The summed E-state index contributed by atoms with van der Waals surface area (Å²) in [5, 5.41) is 0.0979. The second-order valence-electron chi connectivity index (χ2n) is 12.7. The predicted molar refractivity (Wildman–Crippen MR) is 165 cm³/mol. The first-order chi connectivity index (χ1) is 20.5. The van der Waals surface area contributed by atoms with Crippen LogP contribution in [0.2, 0.25) is 5.02 Å². The molecule has 1 spiro atoms. The van der Waals surface area contributed by atoms with E-state index in [1.165, 1.54) is 13.2 Å². The van der Waals surface area contributed by atoms with Gasteiger partial charge < -0.3 is 19.4 Å². The van der Waals surface area contributed by atoms with E-state index in [4.69, 9.17) is 21.3 Å². The smallest absolute Gasteiger partial charge is 0.310 e. The molecule has 10 heteroatoms. The summed E-state index contributed by atoms with van der Waals surface area (Å²) in [6, 6.07) is 12.5. The normalized spacial score (nSPS) is 22.4. The quantitative estimate of drug-likeness (QED) is 0.322. The van der Waals surface area contributed by atoms with Crippen LogP contribution in [-0.4, -0.2) is 65.6 Å². The van der Waals surface area contributed by atoms with Crippen LogP contribution in [0, 0.1) is 11.7 Å². The van der Waals surface area contributed by atoms with E-state index in [0.717, 1.165) is 47.7 Å². The SMILES string of the molecule is CCC1CC2(C1)CN(c1ccc(Cl)c(F)c1)c1ccc(C(=O)N3CCN(c4ccc(CC(=O)OC)cn4)CC3(C)C)nc12. The van der Waals surface area contributed by atoms with Crippen LogP contribution in [0.3, 0.4) is 0 Å². The van der Waals surface area contributed by atoms with Gasteiger partial charge in [0.05, 0.1) is 35.5 Å². The number of hydrogen-bond donors (Lipinski definition) is 0. The van der Waals surface area contributed by atoms with Gasteiger partial charge in [0, 0.05) is 43.5 Å². The van der Waals surface area contributed by atoms with E-state index in [9.17, 15) is 14.0 Å². The lowest BCUT2D eigenvalue weighted by molar-refractivity contribution is -0.139. The highest BCUT2D eigenvalue weighted by Crippen LogP contribution is 2.57. The number of esters is 1. The molecule has 2 aliphatic heterocycles. The van der Waals surface area contributed by atoms with E-state index >= 15 is 0 Å². The van der Waals surface area contributed by atoms with Crippen molar-refractivity contribution in [2.45, 2.75) is 57.4 Å². The number of anilines is 3. The van der Waals surface area contributed by atoms with E-state index in [0.29, 0.717) is 37.8 Å². The first kappa shape index (κ1) is 29.4. The van der Waals surface area contributed by atoms with Gasteiger partial charge in [-0.2, -0.15) is 0 Å². The van der Waals surface area contributed by atoms with Crippen LogP contribution in [0.5, 0.6) is 0 Å². The number of aromatic nitrogens is 2. The maximum absolute atomic E-state index is 14.4. The van der Waals surface area contributed by atoms with Gasteiger partial charge in [-0.3, -0.25) is 9.59 Å². The molecular formula is C33H37ClFN5O3. The van der Waals surface area contributed by atoms with Gasteiger partial charge in [-0.1, -0.05) is 31.0 Å². The average molecular weight is 606 g/mol. The van der Waals surface area contributed by atoms with E-state index in [2.05, 4.69) is 35.6 Å². The Balaban J connectivity index is 1.23. The first-order valence-electron chi connectivity index (χ1n) is 14.9. The van der Waals surface area contributed by atoms with Gasteiger partial charge >= 0.3 is 5.97 Å². The summed E-state index contributed by atoms with van der Waals surface area (Å²) in [6.07, 6.45) is 4.99. The molecule has 0 radical (unpaired) electrons. The number of halogens is 2. The van der Waals surface area contributed by atoms with Crippen molar-refractivity contribution in [1.82, 2.24) is 14.9 Å². The summed E-state index contributed by atoms with van der Waals surface area (Å²) in [7, 11) is 1.37. The van der Waals surface area contributed by atoms with Crippen molar-refractivity contribution in [3.05, 3.63) is 76.5 Å². The minimum Gasteiger partial charge on any atom is -0.469 e. The van der Waals surface area contributed by atoms with Crippen molar-refractivity contribution < 1.29 is 18.7 Å². The van der Waals surface area contributed by atoms with Gasteiger partial charge in [0.15, 0.2) is 0 Å². The lowest BCUT2D eigenvalue weighted by Crippen LogP contribution is -2.61. The molecule has 0 unspecified atom stereocenters. The molecule has 0 N–H and O–H groups in total. The number of fused-ring (bicyclic) bond motifs is 2. The Hall–Kier alpha value is -3.72. The molecule has 1 saturated heterocycles. The lowest BCUT2D eigenvalue weighted by Gasteiger charge is -2.47. The third-order valence-corrected chi connectivity index (χ3v) is 9.66. The first-order valence-corrected chi connectivity index (χ1v) is 15.2. The average Bonchev–Trinajstić information content (AvgIpc) is 3.32. The Morgan fingerprint density at radius 3 is 2.53 bits per heavy atom. The highest BCUT2D eigenvalue weighted by Gasteiger charge is 2.53. The summed E-state index contributed by atoms with van der Waals surface area (Å²) in [4.78, 5) is 41.4. The molecule has 2 aromatic heterocycles. The second kappa shape index (κ2) is 11.1. The Labute approximate surface area is 256 Å². The summed E-state index contributed by atoms with van der Waals surface area (Å²) in [5.41, 5.74) is 3.21. The molecule has 8 nitrogen and oxygen atoms in total. The molecule has 2 fully saturated rings. The van der Waals surface area contributed by atoms with Gasteiger partial charge in [-0.25, -0.2) is 14.4 Å². The van der Waals surface area contributed by atoms with Crippen molar-refractivity contribution in [1.29, 1.82) is 0 Å². The molecule has 4 heterocycles. The summed E-state index contributed by atoms with van der Waals surface area (Å²) in [6.45, 7) is 8.79. The largest absolute Gasteiger partial charge is 0.469 e. The highest BCUT2D eigenvalue weighted by molar-refractivity contribution is 6.30. The van der Waals surface area contributed by atoms with Crippen LogP contribution in [0.4, 0.5) is 21.6 Å². The minimum absolute atomic E-state index is 0.0914. The van der Waals surface area contributed by atoms with E-state index < -0.39 is 11.4 Å². The third kappa shape index (κ3) is 5.32. The molecule has 43 heavy (non-hydrogen) atoms. The zero-order valence-electron chi connectivity index (χ0n) is 25.1. The van der Waals surface area contributed by atoms with Crippen LogP contribution < -0.4 is 9.80 Å². The summed E-state index contributed by atoms with van der Waals surface area (Å²) >= 11 is 5.97. The number of benzene rings is 1. The Bertz CT molecular complexity index is 1560. The Morgan fingerprint density at radius 1 is 1.09 bits per heavy atom. The van der Waals surface area contributed by atoms with Gasteiger partial charge in [0.1, 0.15) is 17.3 Å². The van der Waals surface area contributed by atoms with E-state index in [1.54, 1.807) is 18.3 Å². The topological polar surface area (TPSA) is 78.9 Å². The number of amides is 1. The second-order valence-corrected chi connectivity index (χ2v) is 13.1. The summed E-state index contributed by atoms with van der Waals surface area (Å²) in [5.74, 6) is 0.580. The number of nitrogens with zero attached hydrogens (tertiary/aromatic N) is 5. The van der Waals surface area contributed by atoms with Crippen LogP contribution in [-0.2, 0) is 21.4 Å². The number of rotatable bonds is 6. The number of methoxy groups -OCH3 is 1. The molecule has 1 aromatic carbocycles. The van der Waals surface area contributed by atoms with Crippen molar-refractivity contribution in [2.24, 2.45) is 5.92 Å². The molecule has 6 rings (SSSR count). The molecule has 3 aliphatic rings. The van der Waals surface area contributed by atoms with Crippen molar-refractivity contribution >= 4 is 40.7 Å². The molecule has 3 aromatic rings. The zero-order valence-corrected chi connectivity index (χ0v) is 25.8. The molecule has 0 bridgehead atoms. The minimum atomic E-state index is -0.475. The number of pyridine rings is 2. The predicted octanol–water partition coefficient (Wildman–Crippen LogP) is 5.94. The van der Waals surface area contributed by atoms with Gasteiger partial charge in [-0.05, 0) is 74.6 Å². The molecular weight excluding hydrogens is 569 g/mol. The van der Waals surface area contributed by atoms with E-state index in [-0.39, 0.29) is 28.7 Å². The fraction of sp³-hybridized carbons (Fsp3) is 0.455. The third-order valence-electron chi connectivity index (χ3n) is 9.35. The molecule has 1 aliphatic carbocycles. The van der Waals surface area contributed by atoms with Crippen molar-refractivity contribution in [3.63, 3.8) is 0 Å². The molecule has 226 valence electrons. The molecule has 1 saturated carbocycles. The van der Waals surface area contributed by atoms with Crippen molar-refractivity contribution in [2.75, 3.05) is 43.1 Å². The number of ether oxygens (including phenoxy) is 1. The van der Waals surface area contributed by atoms with E-state index in [1.807, 2.05) is 29.2 Å². The van der Waals surface area contributed by atoms with Gasteiger partial charge in [-0.15, -0.1) is 0 Å². The van der Waals surface area contributed by atoms with Crippen LogP contribution in [0.25, 0.3) is 0 Å². The Morgan fingerprint density at radius 2 is 1.88 bits per heavy atom. The maximum atomic E-state index is 14.4. The number of carbonyl (C=O) groups excluding carboxylic acids is 2. The molecule has 1 amide bonds.